The van der Waals surface area contributed by atoms with Crippen molar-refractivity contribution >= 4 is 23.7 Å². The third kappa shape index (κ3) is 8.17. The van der Waals surface area contributed by atoms with Gasteiger partial charge < -0.3 is 10.1 Å². The molecule has 0 unspecified atom stereocenters. The predicted octanol–water partition coefficient (Wildman–Crippen LogP) is 4.35. The van der Waals surface area contributed by atoms with Crippen molar-refractivity contribution in [3.05, 3.63) is 59.2 Å². The molecule has 154 valence electrons. The smallest absolute Gasteiger partial charge is 0.240 e. The van der Waals surface area contributed by atoms with Crippen LogP contribution in [0.3, 0.4) is 0 Å². The molecule has 6 heteroatoms. The number of anilines is 1. The quantitative estimate of drug-likeness (QED) is 0.356. The Morgan fingerprint density at radius 1 is 1.03 bits per heavy atom. The number of benzene rings is 2. The highest BCUT2D eigenvalue weighted by molar-refractivity contribution is 5.94. The van der Waals surface area contributed by atoms with Crippen molar-refractivity contribution < 1.29 is 14.3 Å². The van der Waals surface area contributed by atoms with Gasteiger partial charge in [-0.1, -0.05) is 25.5 Å². The maximum absolute atomic E-state index is 12.1. The number of ether oxygens (including phenoxy) is 1. The van der Waals surface area contributed by atoms with Gasteiger partial charge in [-0.25, -0.2) is 5.43 Å². The Bertz CT molecular complexity index is 845. The van der Waals surface area contributed by atoms with Crippen LogP contribution >= 0.6 is 0 Å². The van der Waals surface area contributed by atoms with Gasteiger partial charge in [0.25, 0.3) is 0 Å². The SMILES string of the molecule is CCCCOc1ccc(C=NNC(=O)CCC(=O)Nc2cc(C)ccc2C)cc1. The summed E-state index contributed by atoms with van der Waals surface area (Å²) in [5, 5.41) is 6.78. The molecule has 0 aliphatic heterocycles. The van der Waals surface area contributed by atoms with Crippen molar-refractivity contribution in [2.45, 2.75) is 46.5 Å². The summed E-state index contributed by atoms with van der Waals surface area (Å²) in [4.78, 5) is 23.9. The zero-order valence-electron chi connectivity index (χ0n) is 17.3. The van der Waals surface area contributed by atoms with E-state index in [2.05, 4.69) is 22.8 Å². The number of hydrazone groups is 1. The number of rotatable bonds is 10. The molecule has 0 bridgehead atoms. The minimum Gasteiger partial charge on any atom is -0.494 e. The predicted molar refractivity (Wildman–Crippen MR) is 116 cm³/mol. The summed E-state index contributed by atoms with van der Waals surface area (Å²) < 4.78 is 5.60. The number of carbonyl (C=O) groups is 2. The first-order valence-electron chi connectivity index (χ1n) is 9.90. The Hall–Kier alpha value is -3.15. The highest BCUT2D eigenvalue weighted by Gasteiger charge is 2.08. The highest BCUT2D eigenvalue weighted by atomic mass is 16.5. The van der Waals surface area contributed by atoms with E-state index < -0.39 is 0 Å². The van der Waals surface area contributed by atoms with E-state index in [-0.39, 0.29) is 24.7 Å². The van der Waals surface area contributed by atoms with Crippen LogP contribution in [0, 0.1) is 13.8 Å². The molecule has 2 aromatic carbocycles. The molecule has 0 fully saturated rings. The molecule has 0 aliphatic rings. The van der Waals surface area contributed by atoms with Gasteiger partial charge in [-0.05, 0) is 67.3 Å². The van der Waals surface area contributed by atoms with Crippen LogP contribution in [-0.2, 0) is 9.59 Å². The molecule has 0 heterocycles. The molecule has 0 saturated heterocycles. The van der Waals surface area contributed by atoms with Gasteiger partial charge in [0.15, 0.2) is 0 Å². The molecule has 0 saturated carbocycles. The summed E-state index contributed by atoms with van der Waals surface area (Å²) in [6, 6.07) is 13.3. The monoisotopic (exact) mass is 395 g/mol. The Balaban J connectivity index is 1.72. The van der Waals surface area contributed by atoms with Crippen LogP contribution in [0.15, 0.2) is 47.6 Å². The number of carbonyl (C=O) groups excluding carboxylic acids is 2. The van der Waals surface area contributed by atoms with Crippen LogP contribution < -0.4 is 15.5 Å². The number of nitrogens with zero attached hydrogens (tertiary/aromatic N) is 1. The molecule has 6 nitrogen and oxygen atoms in total. The van der Waals surface area contributed by atoms with E-state index in [0.29, 0.717) is 6.61 Å². The maximum atomic E-state index is 12.1. The standard InChI is InChI=1S/C23H29N3O3/c1-4-5-14-29-20-10-8-19(9-11-20)16-24-26-23(28)13-12-22(27)25-21-15-17(2)6-7-18(21)3/h6-11,15-16H,4-5,12-14H2,1-3H3,(H,25,27)(H,26,28). The summed E-state index contributed by atoms with van der Waals surface area (Å²) in [5.74, 6) is 0.308. The van der Waals surface area contributed by atoms with Gasteiger partial charge in [-0.15, -0.1) is 0 Å². The summed E-state index contributed by atoms with van der Waals surface area (Å²) in [6.07, 6.45) is 3.84. The lowest BCUT2D eigenvalue weighted by molar-refractivity contribution is -0.124. The summed E-state index contributed by atoms with van der Waals surface area (Å²) in [5.41, 5.74) is 6.12. The van der Waals surface area contributed by atoms with Crippen LogP contribution in [0.1, 0.15) is 49.3 Å². The molecule has 0 spiro atoms. The van der Waals surface area contributed by atoms with Gasteiger partial charge in [0.05, 0.1) is 12.8 Å². The summed E-state index contributed by atoms with van der Waals surface area (Å²) in [6.45, 7) is 6.72. The fourth-order valence-corrected chi connectivity index (χ4v) is 2.53. The Morgan fingerprint density at radius 3 is 2.48 bits per heavy atom. The zero-order chi connectivity index (χ0) is 21.1. The summed E-state index contributed by atoms with van der Waals surface area (Å²) in [7, 11) is 0. The van der Waals surface area contributed by atoms with Crippen LogP contribution in [-0.4, -0.2) is 24.6 Å². The second-order valence-electron chi connectivity index (χ2n) is 6.93. The minimum atomic E-state index is -0.308. The van der Waals surface area contributed by atoms with Crippen molar-refractivity contribution in [1.82, 2.24) is 5.43 Å². The first-order chi connectivity index (χ1) is 14.0. The molecule has 0 aliphatic carbocycles. The molecule has 2 aromatic rings. The fourth-order valence-electron chi connectivity index (χ4n) is 2.53. The molecule has 2 rings (SSSR count). The lowest BCUT2D eigenvalue weighted by Crippen LogP contribution is -2.20. The molecular weight excluding hydrogens is 366 g/mol. The third-order valence-corrected chi connectivity index (χ3v) is 4.30. The molecule has 2 N–H and O–H groups in total. The Labute approximate surface area is 172 Å². The second kappa shape index (κ2) is 11.6. The van der Waals surface area contributed by atoms with Crippen LogP contribution in [0.25, 0.3) is 0 Å². The highest BCUT2D eigenvalue weighted by Crippen LogP contribution is 2.16. The zero-order valence-corrected chi connectivity index (χ0v) is 17.3. The molecule has 0 radical (unpaired) electrons. The number of hydrogen-bond donors (Lipinski definition) is 2. The lowest BCUT2D eigenvalue weighted by Gasteiger charge is -2.09. The Morgan fingerprint density at radius 2 is 1.76 bits per heavy atom. The van der Waals surface area contributed by atoms with Crippen molar-refractivity contribution in [1.29, 1.82) is 0 Å². The largest absolute Gasteiger partial charge is 0.494 e. The van der Waals surface area contributed by atoms with Crippen molar-refractivity contribution in [3.63, 3.8) is 0 Å². The fraction of sp³-hybridized carbons (Fsp3) is 0.348. The number of nitrogens with one attached hydrogen (secondary N) is 2. The lowest BCUT2D eigenvalue weighted by atomic mass is 10.1. The number of hydrogen-bond acceptors (Lipinski definition) is 4. The van der Waals surface area contributed by atoms with E-state index >= 15 is 0 Å². The van der Waals surface area contributed by atoms with E-state index in [1.54, 1.807) is 6.21 Å². The first-order valence-corrected chi connectivity index (χ1v) is 9.90. The number of unbranched alkanes of at least 4 members (excludes halogenated alkanes) is 1. The number of aryl methyl sites for hydroxylation is 2. The van der Waals surface area contributed by atoms with E-state index in [4.69, 9.17) is 4.74 Å². The maximum Gasteiger partial charge on any atom is 0.240 e. The van der Waals surface area contributed by atoms with Crippen LogP contribution in [0.4, 0.5) is 5.69 Å². The molecule has 0 atom stereocenters. The van der Waals surface area contributed by atoms with E-state index in [9.17, 15) is 9.59 Å². The minimum absolute atomic E-state index is 0.0677. The van der Waals surface area contributed by atoms with Gasteiger partial charge in [-0.3, -0.25) is 9.59 Å². The Kier molecular flexibility index (Phi) is 8.89. The summed E-state index contributed by atoms with van der Waals surface area (Å²) >= 11 is 0. The molecule has 29 heavy (non-hydrogen) atoms. The van der Waals surface area contributed by atoms with Gasteiger partial charge in [0.1, 0.15) is 5.75 Å². The van der Waals surface area contributed by atoms with Gasteiger partial charge in [-0.2, -0.15) is 5.10 Å². The molecule has 2 amide bonds. The van der Waals surface area contributed by atoms with Crippen molar-refractivity contribution in [2.24, 2.45) is 5.10 Å². The van der Waals surface area contributed by atoms with Gasteiger partial charge >= 0.3 is 0 Å². The third-order valence-electron chi connectivity index (χ3n) is 4.30. The van der Waals surface area contributed by atoms with Crippen LogP contribution in [0.5, 0.6) is 5.75 Å². The van der Waals surface area contributed by atoms with Crippen LogP contribution in [0.2, 0.25) is 0 Å². The normalized spacial score (nSPS) is 10.7. The number of amides is 2. The average molecular weight is 396 g/mol. The average Bonchev–Trinajstić information content (AvgIpc) is 2.70. The molecule has 0 aromatic heterocycles. The van der Waals surface area contributed by atoms with E-state index in [1.165, 1.54) is 0 Å². The van der Waals surface area contributed by atoms with Gasteiger partial charge in [0, 0.05) is 18.5 Å². The topological polar surface area (TPSA) is 79.8 Å². The van der Waals surface area contributed by atoms with Gasteiger partial charge in [0.2, 0.25) is 11.8 Å². The van der Waals surface area contributed by atoms with E-state index in [0.717, 1.165) is 41.0 Å². The first kappa shape index (κ1) is 22.1. The van der Waals surface area contributed by atoms with Crippen molar-refractivity contribution in [3.8, 4) is 5.75 Å². The van der Waals surface area contributed by atoms with Crippen molar-refractivity contribution in [2.75, 3.05) is 11.9 Å². The molecular formula is C23H29N3O3. The second-order valence-corrected chi connectivity index (χ2v) is 6.93. The van der Waals surface area contributed by atoms with E-state index in [1.807, 2.05) is 56.3 Å².